The molecule has 0 unspecified atom stereocenters. The van der Waals surface area contributed by atoms with Gasteiger partial charge in [0, 0.05) is 12.3 Å². The van der Waals surface area contributed by atoms with E-state index in [4.69, 9.17) is 0 Å². The normalized spacial score (nSPS) is 14.2. The first kappa shape index (κ1) is 45.5. The Morgan fingerprint density at radius 3 is 1.21 bits per heavy atom. The van der Waals surface area contributed by atoms with E-state index < -0.39 is 12.1 Å². The van der Waals surface area contributed by atoms with Crippen molar-refractivity contribution in [2.75, 3.05) is 32.0 Å². The van der Waals surface area contributed by atoms with E-state index in [-0.39, 0.29) is 40.2 Å². The van der Waals surface area contributed by atoms with E-state index in [1.54, 1.807) is 0 Å². The van der Waals surface area contributed by atoms with Crippen LogP contribution in [0, 0.1) is 17.8 Å². The molecule has 208 valence electrons. The Morgan fingerprint density at radius 1 is 0.676 bits per heavy atom. The van der Waals surface area contributed by atoms with Crippen LogP contribution in [-0.4, -0.2) is 55.4 Å². The predicted molar refractivity (Wildman–Crippen MR) is 146 cm³/mol. The van der Waals surface area contributed by atoms with E-state index in [1.807, 2.05) is 0 Å². The molecule has 34 heavy (non-hydrogen) atoms. The molecule has 3 N–H and O–H groups in total. The van der Waals surface area contributed by atoms with Crippen molar-refractivity contribution in [3.05, 3.63) is 0 Å². The number of nitrogens with one attached hydrogen (secondary N) is 3. The largest absolute Gasteiger partial charge is 0.448 e. The highest BCUT2D eigenvalue weighted by Crippen LogP contribution is 2.04. The van der Waals surface area contributed by atoms with Gasteiger partial charge in [-0.15, -0.1) is 0 Å². The Balaban J connectivity index is -0.0000000691. The molecule has 0 bridgehead atoms. The molecule has 9 nitrogen and oxygen atoms in total. The number of esters is 1. The van der Waals surface area contributed by atoms with Crippen molar-refractivity contribution in [2.45, 2.75) is 84.6 Å². The average molecular weight is 514 g/mol. The Morgan fingerprint density at radius 2 is 1.12 bits per heavy atom. The number of carbonyl (C=O) groups is 4. The molecule has 3 fully saturated rings. The van der Waals surface area contributed by atoms with Crippen molar-refractivity contribution in [1.82, 2.24) is 16.0 Å². The zero-order valence-electron chi connectivity index (χ0n) is 20.6. The summed E-state index contributed by atoms with van der Waals surface area (Å²) in [5.74, 6) is 2.93. The summed E-state index contributed by atoms with van der Waals surface area (Å²) in [4.78, 5) is 39.9. The molecule has 3 amide bonds. The number of thioether (sulfide) groups is 1. The number of alkyl carbamates (subject to hydrolysis) is 2. The van der Waals surface area contributed by atoms with Gasteiger partial charge in [0.15, 0.2) is 0 Å². The second-order valence-electron chi connectivity index (χ2n) is 8.44. The molecule has 3 saturated heterocycles. The Kier molecular flexibility index (Phi) is 41.5. The summed E-state index contributed by atoms with van der Waals surface area (Å²) >= 11 is 1.35. The zero-order chi connectivity index (χ0) is 24.8. The Labute approximate surface area is 214 Å². The highest BCUT2D eigenvalue weighted by molar-refractivity contribution is 8.13. The van der Waals surface area contributed by atoms with Crippen LogP contribution >= 0.6 is 11.8 Å². The summed E-state index contributed by atoms with van der Waals surface area (Å²) in [6, 6.07) is 0. The molecule has 0 aromatic heterocycles. The van der Waals surface area contributed by atoms with Crippen LogP contribution in [-0.2, 0) is 14.3 Å². The van der Waals surface area contributed by atoms with Gasteiger partial charge < -0.3 is 25.4 Å². The van der Waals surface area contributed by atoms with Gasteiger partial charge >= 0.3 is 18.2 Å². The van der Waals surface area contributed by atoms with E-state index in [0.717, 1.165) is 30.1 Å². The van der Waals surface area contributed by atoms with Gasteiger partial charge in [-0.1, -0.05) is 96.4 Å². The number of carbonyl (C=O) groups excluding carboxylic acids is 4. The summed E-state index contributed by atoms with van der Waals surface area (Å²) < 4.78 is 8.38. The van der Waals surface area contributed by atoms with Crippen molar-refractivity contribution < 1.29 is 28.7 Å². The lowest BCUT2D eigenvalue weighted by molar-refractivity contribution is -0.132. The first-order valence-electron chi connectivity index (χ1n) is 10.6. The monoisotopic (exact) mass is 513 g/mol. The van der Waals surface area contributed by atoms with E-state index in [1.165, 1.54) is 11.8 Å². The van der Waals surface area contributed by atoms with Crippen LogP contribution in [0.5, 0.6) is 0 Å². The van der Waals surface area contributed by atoms with Gasteiger partial charge in [-0.05, 0) is 17.8 Å². The summed E-state index contributed by atoms with van der Waals surface area (Å²) in [6.45, 7) is 21.6. The molecule has 0 aromatic rings. The SMILES string of the molecule is C.C.C.CC(C)C.CC(C)C.CC(C)C.O=C1CNC(=O)O1.O=C1NCCO1.O=C1NCCS1. The molecular weight excluding hydrogens is 458 g/mol. The van der Waals surface area contributed by atoms with Gasteiger partial charge in [0.05, 0.1) is 6.54 Å². The molecule has 0 atom stereocenters. The first-order chi connectivity index (χ1) is 14.3. The quantitative estimate of drug-likeness (QED) is 0.256. The van der Waals surface area contributed by atoms with E-state index in [9.17, 15) is 19.2 Å². The molecule has 0 aromatic carbocycles. The van der Waals surface area contributed by atoms with Crippen LogP contribution in [0.15, 0.2) is 0 Å². The number of hydrogen-bond donors (Lipinski definition) is 3. The molecule has 3 aliphatic rings. The highest BCUT2D eigenvalue weighted by Gasteiger charge is 2.17. The van der Waals surface area contributed by atoms with Crippen LogP contribution in [0.3, 0.4) is 0 Å². The molecule has 0 spiro atoms. The van der Waals surface area contributed by atoms with Crippen molar-refractivity contribution >= 4 is 35.2 Å². The Bertz CT molecular complexity index is 429. The number of ether oxygens (including phenoxy) is 2. The minimum atomic E-state index is -0.648. The number of rotatable bonds is 0. The molecule has 0 aliphatic carbocycles. The van der Waals surface area contributed by atoms with Gasteiger partial charge in [-0.2, -0.15) is 0 Å². The fraction of sp³-hybridized carbons (Fsp3) is 0.833. The second-order valence-corrected chi connectivity index (χ2v) is 9.50. The summed E-state index contributed by atoms with van der Waals surface area (Å²) in [5, 5.41) is 7.38. The summed E-state index contributed by atoms with van der Waals surface area (Å²) in [6.07, 6.45) is -0.944. The van der Waals surface area contributed by atoms with Crippen LogP contribution < -0.4 is 16.0 Å². The highest BCUT2D eigenvalue weighted by atomic mass is 32.2. The van der Waals surface area contributed by atoms with Crippen molar-refractivity contribution in [2.24, 2.45) is 17.8 Å². The maximum atomic E-state index is 10.1. The van der Waals surface area contributed by atoms with Crippen molar-refractivity contribution in [1.29, 1.82) is 0 Å². The lowest BCUT2D eigenvalue weighted by Gasteiger charge is -1.80. The molecule has 3 rings (SSSR count). The second kappa shape index (κ2) is 31.0. The fourth-order valence-electron chi connectivity index (χ4n) is 1.02. The topological polar surface area (TPSA) is 123 Å². The van der Waals surface area contributed by atoms with Crippen LogP contribution in [0.2, 0.25) is 0 Å². The van der Waals surface area contributed by atoms with Crippen molar-refractivity contribution in [3.8, 4) is 0 Å². The zero-order valence-corrected chi connectivity index (χ0v) is 21.4. The Hall–Kier alpha value is -1.97. The van der Waals surface area contributed by atoms with Crippen molar-refractivity contribution in [3.63, 3.8) is 0 Å². The minimum Gasteiger partial charge on any atom is -0.448 e. The van der Waals surface area contributed by atoms with Gasteiger partial charge in [0.25, 0.3) is 5.24 Å². The molecular formula is C24H55N3O6S. The molecule has 0 saturated carbocycles. The minimum absolute atomic E-state index is 0. The smallest absolute Gasteiger partial charge is 0.415 e. The van der Waals surface area contributed by atoms with Crippen LogP contribution in [0.25, 0.3) is 0 Å². The van der Waals surface area contributed by atoms with Gasteiger partial charge in [-0.3, -0.25) is 4.79 Å². The van der Waals surface area contributed by atoms with E-state index in [0.29, 0.717) is 13.2 Å². The molecule has 10 heteroatoms. The lowest BCUT2D eigenvalue weighted by Crippen LogP contribution is -2.12. The maximum Gasteiger partial charge on any atom is 0.415 e. The predicted octanol–water partition coefficient (Wildman–Crippen LogP) is 6.32. The van der Waals surface area contributed by atoms with Gasteiger partial charge in [0.2, 0.25) is 0 Å². The molecule has 3 heterocycles. The first-order valence-corrected chi connectivity index (χ1v) is 11.6. The van der Waals surface area contributed by atoms with Crippen LogP contribution in [0.1, 0.15) is 84.6 Å². The van der Waals surface area contributed by atoms with E-state index in [2.05, 4.69) is 87.7 Å². The maximum absolute atomic E-state index is 10.1. The number of amides is 3. The lowest BCUT2D eigenvalue weighted by atomic mass is 10.3. The third-order valence-corrected chi connectivity index (χ3v) is 2.61. The van der Waals surface area contributed by atoms with Gasteiger partial charge in [-0.25, -0.2) is 14.4 Å². The summed E-state index contributed by atoms with van der Waals surface area (Å²) in [7, 11) is 0. The standard InChI is InChI=1S/3C4H10.C3H3NO3.C3H5NO2.C3H5NOS.3CH4/c3*1-4(2)3;5-2-1-4-3(6)7-2;2*5-3-4-1-2-6-3;;;/h3*4H,1-3H3;1H2,(H,4,6);2*1-2H2,(H,4,5);3*1H4. The van der Waals surface area contributed by atoms with Gasteiger partial charge in [0.1, 0.15) is 13.2 Å². The fourth-order valence-corrected chi connectivity index (χ4v) is 1.61. The third-order valence-electron chi connectivity index (χ3n) is 1.79. The average Bonchev–Trinajstić information content (AvgIpc) is 3.32. The number of hydrogen-bond acceptors (Lipinski definition) is 7. The number of cyclic esters (lactones) is 3. The third kappa shape index (κ3) is 57.2. The molecule has 0 radical (unpaired) electrons. The van der Waals surface area contributed by atoms with Crippen LogP contribution in [0.4, 0.5) is 14.4 Å². The summed E-state index contributed by atoms with van der Waals surface area (Å²) in [5.41, 5.74) is 0. The van der Waals surface area contributed by atoms with E-state index >= 15 is 0 Å². The molecule has 3 aliphatic heterocycles.